The smallest absolute Gasteiger partial charge is 0.257 e. The molecule has 1 saturated heterocycles. The number of hydrogen-bond donors (Lipinski definition) is 2. The van der Waals surface area contributed by atoms with Crippen LogP contribution in [0.3, 0.4) is 0 Å². The molecule has 0 aromatic heterocycles. The molecule has 0 aliphatic carbocycles. The number of aliphatic hydroxyl groups is 1. The number of rotatable bonds is 8. The van der Waals surface area contributed by atoms with E-state index in [-0.39, 0.29) is 37.0 Å². The molecular formula is C26H23BrClF3N2O5S. The van der Waals surface area contributed by atoms with Crippen molar-refractivity contribution in [2.75, 3.05) is 24.7 Å². The van der Waals surface area contributed by atoms with E-state index in [1.165, 1.54) is 24.3 Å². The molecule has 0 bridgehead atoms. The summed E-state index contributed by atoms with van der Waals surface area (Å²) in [6.45, 7) is 0.944. The number of aliphatic hydroxyl groups excluding tert-OH is 1. The lowest BCUT2D eigenvalue weighted by atomic mass is 10.1. The van der Waals surface area contributed by atoms with Gasteiger partial charge in [-0.15, -0.1) is 0 Å². The Balaban J connectivity index is 1.54. The van der Waals surface area contributed by atoms with E-state index in [9.17, 15) is 31.5 Å². The van der Waals surface area contributed by atoms with Gasteiger partial charge in [-0.2, -0.15) is 0 Å². The van der Waals surface area contributed by atoms with Crippen molar-refractivity contribution in [3.8, 4) is 5.75 Å². The fraction of sp³-hybridized carbons (Fsp3) is 0.269. The average Bonchev–Trinajstić information content (AvgIpc) is 3.26. The van der Waals surface area contributed by atoms with Gasteiger partial charge in [-0.25, -0.2) is 21.6 Å². The highest BCUT2D eigenvalue weighted by molar-refractivity contribution is 9.10. The van der Waals surface area contributed by atoms with E-state index in [4.69, 9.17) is 16.3 Å². The number of benzene rings is 3. The molecule has 0 saturated carbocycles. The molecular weight excluding hydrogens is 625 g/mol. The SMILES string of the molecule is CS(=O)(=O)c1ccc(C(=O)Nc2cc(F)c(F)c(COc3cc(F)c(Br)cc3CN3CC[C@H](O)C3)c2)c(Cl)c1. The molecule has 1 amide bonds. The molecule has 1 fully saturated rings. The number of sulfone groups is 1. The number of carbonyl (C=O) groups excluding carboxylic acids is 1. The minimum Gasteiger partial charge on any atom is -0.488 e. The highest BCUT2D eigenvalue weighted by Crippen LogP contribution is 2.30. The first-order valence-electron chi connectivity index (χ1n) is 11.6. The number of anilines is 1. The third kappa shape index (κ3) is 7.12. The molecule has 3 aromatic rings. The summed E-state index contributed by atoms with van der Waals surface area (Å²) in [5.74, 6) is -3.72. The molecule has 0 radical (unpaired) electrons. The van der Waals surface area contributed by atoms with Gasteiger partial charge in [0.25, 0.3) is 5.91 Å². The van der Waals surface area contributed by atoms with Crippen LogP contribution in [0.5, 0.6) is 5.75 Å². The fourth-order valence-corrected chi connectivity index (χ4v) is 5.48. The summed E-state index contributed by atoms with van der Waals surface area (Å²) in [6, 6.07) is 8.14. The second-order valence-corrected chi connectivity index (χ2v) is 12.4. The van der Waals surface area contributed by atoms with Crippen LogP contribution in [-0.4, -0.2) is 49.8 Å². The lowest BCUT2D eigenvalue weighted by Crippen LogP contribution is -2.22. The highest BCUT2D eigenvalue weighted by Gasteiger charge is 2.23. The van der Waals surface area contributed by atoms with E-state index in [1.807, 2.05) is 4.90 Å². The summed E-state index contributed by atoms with van der Waals surface area (Å²) in [7, 11) is -3.55. The zero-order valence-electron chi connectivity index (χ0n) is 20.5. The van der Waals surface area contributed by atoms with Crippen molar-refractivity contribution in [2.24, 2.45) is 0 Å². The van der Waals surface area contributed by atoms with Gasteiger partial charge in [-0.05, 0) is 52.7 Å². The quantitative estimate of drug-likeness (QED) is 0.344. The lowest BCUT2D eigenvalue weighted by Gasteiger charge is -2.19. The van der Waals surface area contributed by atoms with Crippen LogP contribution in [0.4, 0.5) is 18.9 Å². The summed E-state index contributed by atoms with van der Waals surface area (Å²) in [6.07, 6.45) is 1.14. The number of β-amino-alcohol motifs (C(OH)–C–C–N with tert-alkyl or cyclic N) is 1. The zero-order chi connectivity index (χ0) is 28.5. The van der Waals surface area contributed by atoms with Crippen LogP contribution in [0.2, 0.25) is 5.02 Å². The van der Waals surface area contributed by atoms with Crippen molar-refractivity contribution in [3.05, 3.63) is 86.1 Å². The summed E-state index contributed by atoms with van der Waals surface area (Å²) in [5, 5.41) is 12.1. The van der Waals surface area contributed by atoms with Crippen LogP contribution < -0.4 is 10.1 Å². The van der Waals surface area contributed by atoms with E-state index in [0.29, 0.717) is 31.6 Å². The maximum absolute atomic E-state index is 14.6. The molecule has 1 aliphatic heterocycles. The molecule has 1 atom stereocenters. The second-order valence-electron chi connectivity index (χ2n) is 9.14. The average molecular weight is 648 g/mol. The number of nitrogens with zero attached hydrogens (tertiary/aromatic N) is 1. The highest BCUT2D eigenvalue weighted by atomic mass is 79.9. The first kappa shape index (κ1) is 29.3. The predicted octanol–water partition coefficient (Wildman–Crippen LogP) is 5.32. The molecule has 13 heteroatoms. The number of hydrogen-bond acceptors (Lipinski definition) is 6. The van der Waals surface area contributed by atoms with Gasteiger partial charge in [0.05, 0.1) is 26.1 Å². The van der Waals surface area contributed by atoms with Crippen molar-refractivity contribution in [3.63, 3.8) is 0 Å². The monoisotopic (exact) mass is 646 g/mol. The van der Waals surface area contributed by atoms with E-state index < -0.39 is 45.9 Å². The van der Waals surface area contributed by atoms with E-state index >= 15 is 0 Å². The summed E-state index contributed by atoms with van der Waals surface area (Å²) < 4.78 is 72.6. The number of amides is 1. The molecule has 3 aromatic carbocycles. The Hall–Kier alpha value is -2.64. The van der Waals surface area contributed by atoms with Crippen molar-refractivity contribution in [2.45, 2.75) is 30.6 Å². The van der Waals surface area contributed by atoms with Gasteiger partial charge in [0.1, 0.15) is 18.2 Å². The predicted molar refractivity (Wildman–Crippen MR) is 143 cm³/mol. The van der Waals surface area contributed by atoms with Gasteiger partial charge in [0, 0.05) is 54.8 Å². The molecule has 39 heavy (non-hydrogen) atoms. The first-order valence-corrected chi connectivity index (χ1v) is 14.7. The van der Waals surface area contributed by atoms with Crippen molar-refractivity contribution >= 4 is 49.0 Å². The molecule has 0 unspecified atom stereocenters. The van der Waals surface area contributed by atoms with Crippen LogP contribution in [-0.2, 0) is 23.0 Å². The van der Waals surface area contributed by atoms with Crippen LogP contribution in [0.25, 0.3) is 0 Å². The van der Waals surface area contributed by atoms with Crippen molar-refractivity contribution < 1.29 is 36.2 Å². The Bertz CT molecular complexity index is 1540. The number of ether oxygens (including phenoxy) is 1. The molecule has 1 heterocycles. The molecule has 2 N–H and O–H groups in total. The maximum atomic E-state index is 14.6. The Kier molecular flexibility index (Phi) is 8.91. The Morgan fingerprint density at radius 3 is 2.54 bits per heavy atom. The lowest BCUT2D eigenvalue weighted by molar-refractivity contribution is 0.102. The third-order valence-electron chi connectivity index (χ3n) is 6.10. The van der Waals surface area contributed by atoms with E-state index in [1.54, 1.807) is 0 Å². The van der Waals surface area contributed by atoms with Crippen LogP contribution in [0.1, 0.15) is 27.9 Å². The van der Waals surface area contributed by atoms with E-state index in [2.05, 4.69) is 21.2 Å². The van der Waals surface area contributed by atoms with Crippen molar-refractivity contribution in [1.82, 2.24) is 4.90 Å². The zero-order valence-corrected chi connectivity index (χ0v) is 23.6. The number of nitrogens with one attached hydrogen (secondary N) is 1. The van der Waals surface area contributed by atoms with Gasteiger partial charge in [-0.1, -0.05) is 11.6 Å². The fourth-order valence-electron chi connectivity index (χ4n) is 4.11. The third-order valence-corrected chi connectivity index (χ3v) is 8.13. The summed E-state index contributed by atoms with van der Waals surface area (Å²) in [4.78, 5) is 14.6. The number of halogens is 5. The summed E-state index contributed by atoms with van der Waals surface area (Å²) in [5.41, 5.74) is 0.159. The molecule has 0 spiro atoms. The molecule has 7 nitrogen and oxygen atoms in total. The second kappa shape index (κ2) is 11.8. The van der Waals surface area contributed by atoms with E-state index in [0.717, 1.165) is 24.5 Å². The van der Waals surface area contributed by atoms with Gasteiger partial charge in [-0.3, -0.25) is 9.69 Å². The molecule has 1 aliphatic rings. The maximum Gasteiger partial charge on any atom is 0.257 e. The Labute approximate surface area is 236 Å². The van der Waals surface area contributed by atoms with Crippen LogP contribution in [0, 0.1) is 17.5 Å². The van der Waals surface area contributed by atoms with Gasteiger partial charge in [0.2, 0.25) is 0 Å². The van der Waals surface area contributed by atoms with Gasteiger partial charge in [0.15, 0.2) is 21.5 Å². The Morgan fingerprint density at radius 1 is 1.15 bits per heavy atom. The van der Waals surface area contributed by atoms with Gasteiger partial charge >= 0.3 is 0 Å². The molecule has 208 valence electrons. The van der Waals surface area contributed by atoms with Gasteiger partial charge < -0.3 is 15.2 Å². The van der Waals surface area contributed by atoms with Crippen LogP contribution in [0.15, 0.2) is 51.8 Å². The normalized spacial score (nSPS) is 15.9. The first-order chi connectivity index (χ1) is 18.3. The van der Waals surface area contributed by atoms with Crippen LogP contribution >= 0.6 is 27.5 Å². The standard InChI is InChI=1S/C26H23BrClF3N2O5S/c1-39(36,37)18-2-3-19(21(28)9-18)26(35)32-16-6-15(25(31)23(30)8-16)13-38-24-10-22(29)20(27)7-14(24)11-33-5-4-17(34)12-33/h2-3,6-10,17,34H,4-5,11-13H2,1H3,(H,32,35)/t17-/m0/s1. The number of likely N-dealkylation sites (tertiary alicyclic amines) is 1. The minimum absolute atomic E-state index is 0.0754. The van der Waals surface area contributed by atoms with Crippen molar-refractivity contribution in [1.29, 1.82) is 0 Å². The summed E-state index contributed by atoms with van der Waals surface area (Å²) >= 11 is 9.22. The largest absolute Gasteiger partial charge is 0.488 e. The topological polar surface area (TPSA) is 95.9 Å². The minimum atomic E-state index is -3.55. The molecule has 4 rings (SSSR count). The number of carbonyl (C=O) groups is 1. The Morgan fingerprint density at radius 2 is 1.90 bits per heavy atom.